The molecule has 0 spiro atoms. The Morgan fingerprint density at radius 2 is 1.86 bits per heavy atom. The number of nitrogens with zero attached hydrogens (tertiary/aromatic N) is 3. The van der Waals surface area contributed by atoms with E-state index in [4.69, 9.17) is 0 Å². The van der Waals surface area contributed by atoms with Gasteiger partial charge in [-0.05, 0) is 12.1 Å². The summed E-state index contributed by atoms with van der Waals surface area (Å²) in [5.41, 5.74) is 0.335. The zero-order valence-electron chi connectivity index (χ0n) is 16.3. The number of hydrogen-bond donors (Lipinski definition) is 2. The molecule has 9 nitrogen and oxygen atoms in total. The monoisotopic (exact) mass is 400 g/mol. The van der Waals surface area contributed by atoms with Gasteiger partial charge in [-0.25, -0.2) is 4.79 Å². The number of likely N-dealkylation sites (tertiary alicyclic amines) is 2. The predicted octanol–water partition coefficient (Wildman–Crippen LogP) is 0.0457. The smallest absolute Gasteiger partial charge is 0.328 e. The number of imide groups is 1. The summed E-state index contributed by atoms with van der Waals surface area (Å²) in [7, 11) is 0. The van der Waals surface area contributed by atoms with Crippen LogP contribution in [0.15, 0.2) is 24.3 Å². The molecule has 0 radical (unpaired) electrons. The third kappa shape index (κ3) is 3.25. The number of aliphatic hydroxyl groups excluding tert-OH is 1. The third-order valence-electron chi connectivity index (χ3n) is 6.29. The Hall–Kier alpha value is -2.94. The molecule has 2 atom stereocenters. The first kappa shape index (κ1) is 19.4. The predicted molar refractivity (Wildman–Crippen MR) is 103 cm³/mol. The highest BCUT2D eigenvalue weighted by Gasteiger charge is 2.54. The average molecular weight is 400 g/mol. The maximum atomic E-state index is 13.3. The van der Waals surface area contributed by atoms with Crippen LogP contribution in [0.25, 0.3) is 0 Å². The van der Waals surface area contributed by atoms with Crippen molar-refractivity contribution < 1.29 is 24.3 Å². The van der Waals surface area contributed by atoms with Crippen LogP contribution < -0.4 is 10.2 Å². The summed E-state index contributed by atoms with van der Waals surface area (Å²) in [4.78, 5) is 53.6. The summed E-state index contributed by atoms with van der Waals surface area (Å²) in [5, 5.41) is 12.3. The van der Waals surface area contributed by atoms with Crippen molar-refractivity contribution in [3.63, 3.8) is 0 Å². The molecule has 0 saturated carbocycles. The van der Waals surface area contributed by atoms with Crippen molar-refractivity contribution in [3.8, 4) is 0 Å². The largest absolute Gasteiger partial charge is 0.396 e. The van der Waals surface area contributed by atoms with Crippen LogP contribution >= 0.6 is 0 Å². The van der Waals surface area contributed by atoms with E-state index < -0.39 is 11.4 Å². The summed E-state index contributed by atoms with van der Waals surface area (Å²) in [6.07, 6.45) is 0.175. The van der Waals surface area contributed by atoms with Gasteiger partial charge in [-0.2, -0.15) is 0 Å². The number of nitrogens with one attached hydrogen (secondary N) is 1. The van der Waals surface area contributed by atoms with Crippen LogP contribution in [0, 0.1) is 11.3 Å². The Labute approximate surface area is 168 Å². The van der Waals surface area contributed by atoms with E-state index in [0.717, 1.165) is 0 Å². The van der Waals surface area contributed by atoms with Gasteiger partial charge in [-0.15, -0.1) is 0 Å². The quantitative estimate of drug-likeness (QED) is 0.745. The fraction of sp³-hybridized carbons (Fsp3) is 0.500. The van der Waals surface area contributed by atoms with Gasteiger partial charge in [0.05, 0.1) is 17.9 Å². The molecule has 3 saturated heterocycles. The Kier molecular flexibility index (Phi) is 4.77. The maximum Gasteiger partial charge on any atom is 0.328 e. The highest BCUT2D eigenvalue weighted by molar-refractivity contribution is 6.09. The first-order chi connectivity index (χ1) is 13.8. The first-order valence-electron chi connectivity index (χ1n) is 9.71. The van der Waals surface area contributed by atoms with Crippen molar-refractivity contribution in [1.29, 1.82) is 0 Å². The number of urea groups is 1. The fourth-order valence-corrected chi connectivity index (χ4v) is 4.65. The molecule has 9 heteroatoms. The van der Waals surface area contributed by atoms with Crippen LogP contribution in [0.1, 0.15) is 23.7 Å². The topological polar surface area (TPSA) is 110 Å². The van der Waals surface area contributed by atoms with Crippen LogP contribution in [0.2, 0.25) is 0 Å². The lowest BCUT2D eigenvalue weighted by Crippen LogP contribution is -2.50. The molecule has 4 rings (SSSR count). The fourth-order valence-electron chi connectivity index (χ4n) is 4.65. The van der Waals surface area contributed by atoms with Gasteiger partial charge >= 0.3 is 6.03 Å². The average Bonchev–Trinajstić information content (AvgIpc) is 3.22. The van der Waals surface area contributed by atoms with Gasteiger partial charge in [-0.1, -0.05) is 12.1 Å². The van der Waals surface area contributed by atoms with E-state index in [1.54, 1.807) is 34.1 Å². The van der Waals surface area contributed by atoms with Crippen molar-refractivity contribution in [2.24, 2.45) is 11.3 Å². The Morgan fingerprint density at radius 1 is 1.17 bits per heavy atom. The van der Waals surface area contributed by atoms with Crippen LogP contribution in [-0.4, -0.2) is 78.0 Å². The SMILES string of the molecule is CC(=O)N1C[C@@H]2CN(C(=O)c3ccccc3N3CCC(=O)NC3=O)C[C@]2(CO)C1. The standard InChI is InChI=1S/C20H24N4O5/c1-13(26)22-8-14-9-23(11-20(14,10-22)12-25)18(28)15-4-2-3-5-16(15)24-7-6-17(27)21-19(24)29/h2-5,14,25H,6-12H2,1H3,(H,21,27,29)/t14-,20+/m1/s1. The molecule has 3 fully saturated rings. The summed E-state index contributed by atoms with van der Waals surface area (Å²) in [6, 6.07) is 6.31. The molecule has 0 aromatic heterocycles. The Balaban J connectivity index is 1.57. The molecule has 3 aliphatic heterocycles. The highest BCUT2D eigenvalue weighted by atomic mass is 16.3. The second-order valence-corrected chi connectivity index (χ2v) is 8.07. The van der Waals surface area contributed by atoms with Gasteiger partial charge in [0.1, 0.15) is 0 Å². The maximum absolute atomic E-state index is 13.3. The summed E-state index contributed by atoms with van der Waals surface area (Å²) in [5.74, 6) is -0.561. The molecule has 1 aromatic rings. The third-order valence-corrected chi connectivity index (χ3v) is 6.29. The van der Waals surface area contributed by atoms with E-state index in [1.807, 2.05) is 0 Å². The van der Waals surface area contributed by atoms with Gasteiger partial charge in [0.2, 0.25) is 11.8 Å². The number of para-hydroxylation sites is 1. The van der Waals surface area contributed by atoms with Gasteiger partial charge in [0.15, 0.2) is 0 Å². The normalized spacial score (nSPS) is 26.6. The minimum absolute atomic E-state index is 0.0171. The van der Waals surface area contributed by atoms with Crippen molar-refractivity contribution in [2.45, 2.75) is 13.3 Å². The number of benzene rings is 1. The molecule has 0 aliphatic carbocycles. The molecular weight excluding hydrogens is 376 g/mol. The van der Waals surface area contributed by atoms with Crippen LogP contribution in [0.5, 0.6) is 0 Å². The molecule has 29 heavy (non-hydrogen) atoms. The molecule has 3 heterocycles. The van der Waals surface area contributed by atoms with Crippen molar-refractivity contribution in [3.05, 3.63) is 29.8 Å². The molecule has 0 bridgehead atoms. The van der Waals surface area contributed by atoms with E-state index in [1.165, 1.54) is 11.8 Å². The number of carbonyl (C=O) groups is 4. The second kappa shape index (κ2) is 7.14. The number of hydrogen-bond acceptors (Lipinski definition) is 5. The molecule has 0 unspecified atom stereocenters. The lowest BCUT2D eigenvalue weighted by atomic mass is 9.82. The lowest BCUT2D eigenvalue weighted by Gasteiger charge is -2.30. The Morgan fingerprint density at radius 3 is 2.52 bits per heavy atom. The molecule has 1 aromatic carbocycles. The van der Waals surface area contributed by atoms with Crippen molar-refractivity contribution >= 4 is 29.4 Å². The zero-order chi connectivity index (χ0) is 20.8. The number of carbonyl (C=O) groups excluding carboxylic acids is 4. The van der Waals surface area contributed by atoms with E-state index >= 15 is 0 Å². The van der Waals surface area contributed by atoms with Gasteiger partial charge < -0.3 is 14.9 Å². The van der Waals surface area contributed by atoms with E-state index in [9.17, 15) is 24.3 Å². The highest BCUT2D eigenvalue weighted by Crippen LogP contribution is 2.43. The minimum Gasteiger partial charge on any atom is -0.396 e. The van der Waals surface area contributed by atoms with Crippen LogP contribution in [-0.2, 0) is 9.59 Å². The summed E-state index contributed by atoms with van der Waals surface area (Å²) < 4.78 is 0. The number of aliphatic hydroxyl groups is 1. The second-order valence-electron chi connectivity index (χ2n) is 8.07. The molecule has 154 valence electrons. The van der Waals surface area contributed by atoms with Crippen molar-refractivity contribution in [2.75, 3.05) is 44.2 Å². The van der Waals surface area contributed by atoms with Crippen LogP contribution in [0.3, 0.4) is 0 Å². The van der Waals surface area contributed by atoms with E-state index in [0.29, 0.717) is 37.4 Å². The summed E-state index contributed by atoms with van der Waals surface area (Å²) >= 11 is 0. The van der Waals surface area contributed by atoms with E-state index in [-0.39, 0.29) is 43.2 Å². The number of anilines is 1. The summed E-state index contributed by atoms with van der Waals surface area (Å²) in [6.45, 7) is 3.40. The van der Waals surface area contributed by atoms with Crippen LogP contribution in [0.4, 0.5) is 10.5 Å². The number of rotatable bonds is 3. The molecule has 5 amide bonds. The molecular formula is C20H24N4O5. The van der Waals surface area contributed by atoms with Gasteiger partial charge in [0.25, 0.3) is 5.91 Å². The first-order valence-corrected chi connectivity index (χ1v) is 9.71. The minimum atomic E-state index is -0.538. The lowest BCUT2D eigenvalue weighted by molar-refractivity contribution is -0.128. The van der Waals surface area contributed by atoms with Gasteiger partial charge in [0, 0.05) is 57.4 Å². The van der Waals surface area contributed by atoms with Crippen molar-refractivity contribution in [1.82, 2.24) is 15.1 Å². The molecule has 3 aliphatic rings. The molecule has 2 N–H and O–H groups in total. The zero-order valence-corrected chi connectivity index (χ0v) is 16.3. The number of amides is 5. The Bertz CT molecular complexity index is 887. The van der Waals surface area contributed by atoms with Gasteiger partial charge in [-0.3, -0.25) is 24.6 Å². The van der Waals surface area contributed by atoms with E-state index in [2.05, 4.69) is 5.32 Å². The number of fused-ring (bicyclic) bond motifs is 1.